The number of aryl methyl sites for hydroxylation is 1. The van der Waals surface area contributed by atoms with E-state index < -0.39 is 34.8 Å². The number of halogens is 2. The Kier molecular flexibility index (Phi) is 9.59. The zero-order valence-corrected chi connectivity index (χ0v) is 20.2. The number of benzene rings is 2. The number of rotatable bonds is 12. The second-order valence-electron chi connectivity index (χ2n) is 8.36. The molecule has 0 aliphatic rings. The lowest BCUT2D eigenvalue weighted by Crippen LogP contribution is -2.47. The first-order chi connectivity index (χ1) is 16.8. The Labute approximate surface area is 207 Å². The molecular formula is C26H29F2N3O3S. The van der Waals surface area contributed by atoms with Crippen molar-refractivity contribution >= 4 is 17.7 Å². The molecule has 0 amide bonds. The van der Waals surface area contributed by atoms with Crippen molar-refractivity contribution in [1.29, 1.82) is 0 Å². The van der Waals surface area contributed by atoms with Gasteiger partial charge in [-0.1, -0.05) is 31.2 Å². The summed E-state index contributed by atoms with van der Waals surface area (Å²) in [4.78, 5) is 12.3. The number of aliphatic carboxylic acids is 1. The summed E-state index contributed by atoms with van der Waals surface area (Å²) in [7, 11) is 0. The van der Waals surface area contributed by atoms with Crippen molar-refractivity contribution in [2.45, 2.75) is 42.6 Å². The number of nitrogens with one attached hydrogen (secondary N) is 1. The van der Waals surface area contributed by atoms with E-state index >= 15 is 0 Å². The molecule has 1 aromatic heterocycles. The van der Waals surface area contributed by atoms with Crippen LogP contribution in [-0.4, -0.2) is 28.9 Å². The van der Waals surface area contributed by atoms with Gasteiger partial charge < -0.3 is 21.4 Å². The fourth-order valence-electron chi connectivity index (χ4n) is 3.93. The van der Waals surface area contributed by atoms with Crippen LogP contribution in [-0.2, 0) is 24.2 Å². The first-order valence-electron chi connectivity index (χ1n) is 11.3. The van der Waals surface area contributed by atoms with Crippen LogP contribution in [0, 0.1) is 22.8 Å². The smallest absolute Gasteiger partial charge is 0.317 e. The first kappa shape index (κ1) is 26.6. The monoisotopic (exact) mass is 501 g/mol. The van der Waals surface area contributed by atoms with Crippen molar-refractivity contribution in [2.24, 2.45) is 11.7 Å². The lowest BCUT2D eigenvalue weighted by atomic mass is 9.90. The van der Waals surface area contributed by atoms with Crippen molar-refractivity contribution in [3.63, 3.8) is 0 Å². The molecule has 35 heavy (non-hydrogen) atoms. The van der Waals surface area contributed by atoms with Gasteiger partial charge in [0.25, 0.3) is 5.03 Å². The fourth-order valence-corrected chi connectivity index (χ4v) is 5.09. The minimum Gasteiger partial charge on any atom is -0.618 e. The number of nitrogens with two attached hydrogens (primary N) is 1. The minimum atomic E-state index is -1.13. The molecule has 0 radical (unpaired) electrons. The van der Waals surface area contributed by atoms with Crippen molar-refractivity contribution in [3.05, 3.63) is 100 Å². The Morgan fingerprint density at radius 1 is 1.09 bits per heavy atom. The minimum absolute atomic E-state index is 0.0723. The fraction of sp³-hybridized carbons (Fsp3) is 0.308. The standard InChI is InChI=1S/C26H29F2N3O3S/c1-2-17-6-5-7-18(10-17)15-30-16-22(23(29)13-19-11-20(27)14-21(28)12-19)25(26(32)33)35-24-8-3-4-9-31(24)34/h3-12,14,22-23,25,30H,2,13,15-16,29H2,1H3,(H,32,33)/t22?,23?,25-/m0/s1. The molecule has 4 N–H and O–H groups in total. The van der Waals surface area contributed by atoms with Crippen molar-refractivity contribution < 1.29 is 23.4 Å². The number of nitrogens with zero attached hydrogens (tertiary/aromatic N) is 1. The Morgan fingerprint density at radius 2 is 1.80 bits per heavy atom. The van der Waals surface area contributed by atoms with Crippen LogP contribution in [0.1, 0.15) is 23.6 Å². The maximum atomic E-state index is 13.7. The topological polar surface area (TPSA) is 102 Å². The van der Waals surface area contributed by atoms with E-state index in [1.54, 1.807) is 18.2 Å². The van der Waals surface area contributed by atoms with Gasteiger partial charge in [0.05, 0.1) is 0 Å². The Balaban J connectivity index is 1.83. The van der Waals surface area contributed by atoms with Crippen molar-refractivity contribution in [1.82, 2.24) is 5.32 Å². The van der Waals surface area contributed by atoms with Crippen LogP contribution < -0.4 is 15.8 Å². The second kappa shape index (κ2) is 12.6. The molecule has 3 rings (SSSR count). The molecule has 3 atom stereocenters. The van der Waals surface area contributed by atoms with Gasteiger partial charge in [0, 0.05) is 43.2 Å². The Hall–Kier alpha value is -3.01. The number of thioether (sulfide) groups is 1. The van der Waals surface area contributed by atoms with Gasteiger partial charge in [0.2, 0.25) is 0 Å². The third kappa shape index (κ3) is 7.74. The summed E-state index contributed by atoms with van der Waals surface area (Å²) in [5, 5.41) is 24.7. The van der Waals surface area contributed by atoms with Gasteiger partial charge in [0.15, 0.2) is 6.20 Å². The number of carboxylic acids is 1. The highest BCUT2D eigenvalue weighted by molar-refractivity contribution is 8.00. The molecule has 0 aliphatic heterocycles. The predicted octanol–water partition coefficient (Wildman–Crippen LogP) is 3.68. The highest BCUT2D eigenvalue weighted by Crippen LogP contribution is 2.29. The van der Waals surface area contributed by atoms with Crippen LogP contribution in [0.5, 0.6) is 0 Å². The van der Waals surface area contributed by atoms with E-state index in [9.17, 15) is 23.9 Å². The van der Waals surface area contributed by atoms with Gasteiger partial charge >= 0.3 is 5.97 Å². The van der Waals surface area contributed by atoms with Gasteiger partial charge in [-0.15, -0.1) is 0 Å². The summed E-state index contributed by atoms with van der Waals surface area (Å²) in [6.45, 7) is 2.79. The predicted molar refractivity (Wildman–Crippen MR) is 132 cm³/mol. The number of hydrogen-bond acceptors (Lipinski definition) is 5. The van der Waals surface area contributed by atoms with Crippen molar-refractivity contribution in [3.8, 4) is 0 Å². The van der Waals surface area contributed by atoms with Gasteiger partial charge in [-0.25, -0.2) is 8.78 Å². The Morgan fingerprint density at radius 3 is 2.46 bits per heavy atom. The molecule has 9 heteroatoms. The van der Waals surface area contributed by atoms with Gasteiger partial charge in [-0.05, 0) is 59.5 Å². The summed E-state index contributed by atoms with van der Waals surface area (Å²) >= 11 is 0.912. The van der Waals surface area contributed by atoms with E-state index in [2.05, 4.69) is 18.3 Å². The molecule has 2 aromatic carbocycles. The first-order valence-corrected chi connectivity index (χ1v) is 12.2. The van der Waals surface area contributed by atoms with Gasteiger partial charge in [-0.2, -0.15) is 4.73 Å². The maximum Gasteiger partial charge on any atom is 0.317 e. The molecule has 0 spiro atoms. The molecule has 0 saturated carbocycles. The van der Waals surface area contributed by atoms with E-state index in [0.29, 0.717) is 16.8 Å². The van der Waals surface area contributed by atoms with E-state index in [1.807, 2.05) is 18.2 Å². The molecule has 2 unspecified atom stereocenters. The maximum absolute atomic E-state index is 13.7. The van der Waals surface area contributed by atoms with Crippen LogP contribution in [0.15, 0.2) is 71.9 Å². The second-order valence-corrected chi connectivity index (χ2v) is 9.52. The highest BCUT2D eigenvalue weighted by atomic mass is 32.2. The third-order valence-electron chi connectivity index (χ3n) is 5.72. The summed E-state index contributed by atoms with van der Waals surface area (Å²) in [5.41, 5.74) is 9.03. The summed E-state index contributed by atoms with van der Waals surface area (Å²) < 4.78 is 28.0. The lowest BCUT2D eigenvalue weighted by Gasteiger charge is -2.29. The van der Waals surface area contributed by atoms with E-state index in [4.69, 9.17) is 5.73 Å². The summed E-state index contributed by atoms with van der Waals surface area (Å²) in [6.07, 6.45) is 2.27. The molecule has 186 valence electrons. The third-order valence-corrected chi connectivity index (χ3v) is 7.08. The zero-order valence-electron chi connectivity index (χ0n) is 19.4. The quantitative estimate of drug-likeness (QED) is 0.199. The highest BCUT2D eigenvalue weighted by Gasteiger charge is 2.35. The van der Waals surface area contributed by atoms with E-state index in [0.717, 1.165) is 29.8 Å². The van der Waals surface area contributed by atoms with Crippen LogP contribution in [0.4, 0.5) is 8.78 Å². The van der Waals surface area contributed by atoms with Crippen LogP contribution >= 0.6 is 11.8 Å². The Bertz CT molecular complexity index is 1130. The normalized spacial score (nSPS) is 13.8. The molecule has 1 heterocycles. The molecule has 0 fully saturated rings. The van der Waals surface area contributed by atoms with Gasteiger partial charge in [-0.3, -0.25) is 4.79 Å². The summed E-state index contributed by atoms with van der Waals surface area (Å²) in [5.74, 6) is -3.23. The molecule has 3 aromatic rings. The van der Waals surface area contributed by atoms with Crippen LogP contribution in [0.25, 0.3) is 0 Å². The molecule has 0 aliphatic carbocycles. The molecule has 6 nitrogen and oxygen atoms in total. The number of hydrogen-bond donors (Lipinski definition) is 3. The largest absolute Gasteiger partial charge is 0.618 e. The van der Waals surface area contributed by atoms with Crippen LogP contribution in [0.3, 0.4) is 0 Å². The average Bonchev–Trinajstić information content (AvgIpc) is 2.81. The molecular weight excluding hydrogens is 472 g/mol. The number of carbonyl (C=O) groups is 1. The van der Waals surface area contributed by atoms with E-state index in [-0.39, 0.29) is 18.0 Å². The molecule has 0 bridgehead atoms. The van der Waals surface area contributed by atoms with Gasteiger partial charge in [0.1, 0.15) is 16.9 Å². The van der Waals surface area contributed by atoms with Crippen molar-refractivity contribution in [2.75, 3.05) is 6.54 Å². The average molecular weight is 502 g/mol. The van der Waals surface area contributed by atoms with E-state index in [1.165, 1.54) is 23.9 Å². The van der Waals surface area contributed by atoms with Crippen LogP contribution in [0.2, 0.25) is 0 Å². The summed E-state index contributed by atoms with van der Waals surface area (Å²) in [6, 6.07) is 15.2. The number of pyridine rings is 1. The SMILES string of the molecule is CCc1cccc(CNCC(C(N)Cc2cc(F)cc(F)c2)[C@H](Sc2cccc[n+]2[O-])C(=O)O)c1. The lowest BCUT2D eigenvalue weighted by molar-refractivity contribution is -0.645. The number of aromatic nitrogens is 1. The zero-order chi connectivity index (χ0) is 25.4. The molecule has 0 saturated heterocycles. The number of carboxylic acid groups (broad SMARTS) is 1.